The molecule has 11 heteroatoms. The molecule has 3 aromatic heterocycles. The summed E-state index contributed by atoms with van der Waals surface area (Å²) in [4.78, 5) is 38.8. The molecule has 0 unspecified atom stereocenters. The van der Waals surface area contributed by atoms with Crippen LogP contribution in [0.15, 0.2) is 30.6 Å². The highest BCUT2D eigenvalue weighted by Crippen LogP contribution is 2.28. The van der Waals surface area contributed by atoms with Gasteiger partial charge in [-0.25, -0.2) is 9.97 Å². The van der Waals surface area contributed by atoms with Gasteiger partial charge < -0.3 is 15.2 Å². The third kappa shape index (κ3) is 3.33. The molecule has 0 aliphatic carbocycles. The van der Waals surface area contributed by atoms with Crippen LogP contribution in [-0.2, 0) is 4.79 Å². The molecule has 0 radical (unpaired) electrons. The Hall–Kier alpha value is -3.97. The average Bonchev–Trinajstić information content (AvgIpc) is 3.35. The number of amides is 2. The molecule has 160 valence electrons. The van der Waals surface area contributed by atoms with Crippen molar-refractivity contribution < 1.29 is 9.59 Å². The number of aromatic nitrogens is 5. The molecule has 1 saturated heterocycles. The minimum atomic E-state index is -0.733. The van der Waals surface area contributed by atoms with E-state index >= 15 is 0 Å². The van der Waals surface area contributed by atoms with Crippen molar-refractivity contribution in [3.63, 3.8) is 0 Å². The van der Waals surface area contributed by atoms with E-state index in [1.165, 1.54) is 6.20 Å². The topological polar surface area (TPSA) is 143 Å². The van der Waals surface area contributed by atoms with E-state index in [0.717, 1.165) is 10.9 Å². The minimum absolute atomic E-state index is 0.140. The summed E-state index contributed by atoms with van der Waals surface area (Å²) in [5.41, 5.74) is 2.94. The Bertz CT molecular complexity index is 1410. The smallest absolute Gasteiger partial charge is 0.255 e. The second-order valence-corrected chi connectivity index (χ2v) is 8.12. The Balaban J connectivity index is 1.40. The summed E-state index contributed by atoms with van der Waals surface area (Å²) in [6.07, 6.45) is 3.09. The molecule has 2 amide bonds. The summed E-state index contributed by atoms with van der Waals surface area (Å²) < 4.78 is 0. The number of hydrogen-bond acceptors (Lipinski definition) is 6. The van der Waals surface area contributed by atoms with Gasteiger partial charge in [-0.1, -0.05) is 11.6 Å². The molecule has 4 heterocycles. The van der Waals surface area contributed by atoms with E-state index in [1.54, 1.807) is 30.2 Å². The molecule has 5 rings (SSSR count). The van der Waals surface area contributed by atoms with Gasteiger partial charge in [0.05, 0.1) is 29.3 Å². The van der Waals surface area contributed by atoms with E-state index in [4.69, 9.17) is 16.9 Å². The highest BCUT2D eigenvalue weighted by Gasteiger charge is 2.33. The first-order chi connectivity index (χ1) is 15.4. The number of nitriles is 1. The van der Waals surface area contributed by atoms with Crippen LogP contribution >= 0.6 is 11.6 Å². The lowest BCUT2D eigenvalue weighted by Crippen LogP contribution is -2.55. The van der Waals surface area contributed by atoms with E-state index in [1.807, 2.05) is 6.07 Å². The van der Waals surface area contributed by atoms with Crippen LogP contribution in [0.3, 0.4) is 0 Å². The SMILES string of the molecule is C[C@@H](NC(=O)c1c[nH]c2ncc(-c3n[nH]c4cc(Cl)ccc34)nc12)C(=O)N1CC(C#N)C1. The molecule has 0 bridgehead atoms. The number of aromatic amines is 2. The van der Waals surface area contributed by atoms with Gasteiger partial charge in [0.25, 0.3) is 5.91 Å². The third-order valence-corrected chi connectivity index (χ3v) is 5.72. The lowest BCUT2D eigenvalue weighted by molar-refractivity contribution is -0.137. The number of nitrogens with one attached hydrogen (secondary N) is 3. The van der Waals surface area contributed by atoms with Gasteiger partial charge in [-0.3, -0.25) is 14.7 Å². The monoisotopic (exact) mass is 448 g/mol. The molecule has 10 nitrogen and oxygen atoms in total. The molecule has 1 aliphatic heterocycles. The van der Waals surface area contributed by atoms with Crippen molar-refractivity contribution in [1.82, 2.24) is 35.4 Å². The minimum Gasteiger partial charge on any atom is -0.344 e. The number of halogens is 1. The van der Waals surface area contributed by atoms with E-state index in [0.29, 0.717) is 40.7 Å². The van der Waals surface area contributed by atoms with Gasteiger partial charge in [-0.05, 0) is 25.1 Å². The first-order valence-electron chi connectivity index (χ1n) is 9.92. The van der Waals surface area contributed by atoms with Gasteiger partial charge in [-0.15, -0.1) is 0 Å². The van der Waals surface area contributed by atoms with E-state index in [-0.39, 0.29) is 17.4 Å². The second kappa shape index (κ2) is 7.62. The van der Waals surface area contributed by atoms with Crippen molar-refractivity contribution in [2.75, 3.05) is 13.1 Å². The standard InChI is InChI=1S/C21H17ClN8O2/c1-10(21(32)30-8-11(5-23)9-30)26-20(31)14-6-24-19-18(14)27-16(7-25-19)17-13-3-2-12(22)4-15(13)28-29-17/h2-4,6-7,10-11H,8-9H2,1H3,(H,24,25)(H,26,31)(H,28,29)/t10-/m1/s1. The highest BCUT2D eigenvalue weighted by atomic mass is 35.5. The van der Waals surface area contributed by atoms with Crippen molar-refractivity contribution in [1.29, 1.82) is 5.26 Å². The normalized spacial score (nSPS) is 14.8. The van der Waals surface area contributed by atoms with Crippen molar-refractivity contribution in [3.05, 3.63) is 41.2 Å². The van der Waals surface area contributed by atoms with Crippen LogP contribution in [0, 0.1) is 17.2 Å². The Morgan fingerprint density at radius 2 is 2.19 bits per heavy atom. The van der Waals surface area contributed by atoms with Crippen molar-refractivity contribution >= 4 is 45.5 Å². The lowest BCUT2D eigenvalue weighted by Gasteiger charge is -2.37. The predicted molar refractivity (Wildman–Crippen MR) is 117 cm³/mol. The molecule has 1 atom stereocenters. The van der Waals surface area contributed by atoms with Gasteiger partial charge >= 0.3 is 0 Å². The van der Waals surface area contributed by atoms with Crippen LogP contribution in [0.1, 0.15) is 17.3 Å². The lowest BCUT2D eigenvalue weighted by atomic mass is 10.0. The summed E-state index contributed by atoms with van der Waals surface area (Å²) in [5.74, 6) is -0.809. The van der Waals surface area contributed by atoms with Crippen LogP contribution in [0.5, 0.6) is 0 Å². The van der Waals surface area contributed by atoms with Crippen molar-refractivity contribution in [2.24, 2.45) is 5.92 Å². The summed E-state index contributed by atoms with van der Waals surface area (Å²) in [6, 6.07) is 6.76. The van der Waals surface area contributed by atoms with Crippen LogP contribution in [0.4, 0.5) is 0 Å². The molecule has 1 fully saturated rings. The molecule has 32 heavy (non-hydrogen) atoms. The van der Waals surface area contributed by atoms with Crippen LogP contribution in [0.2, 0.25) is 5.02 Å². The molecular formula is C21H17ClN8O2. The maximum Gasteiger partial charge on any atom is 0.255 e. The zero-order valence-corrected chi connectivity index (χ0v) is 17.6. The summed E-state index contributed by atoms with van der Waals surface area (Å²) in [5, 5.41) is 20.2. The predicted octanol–water partition coefficient (Wildman–Crippen LogP) is 2.25. The van der Waals surface area contributed by atoms with Crippen molar-refractivity contribution in [3.8, 4) is 17.5 Å². The zero-order chi connectivity index (χ0) is 22.4. The number of H-pyrrole nitrogens is 2. The van der Waals surface area contributed by atoms with E-state index in [2.05, 4.69) is 36.5 Å². The average molecular weight is 449 g/mol. The number of hydrogen-bond donors (Lipinski definition) is 3. The molecular weight excluding hydrogens is 432 g/mol. The number of benzene rings is 1. The van der Waals surface area contributed by atoms with Gasteiger partial charge in [0.2, 0.25) is 5.91 Å². The number of rotatable bonds is 4. The summed E-state index contributed by atoms with van der Waals surface area (Å²) in [7, 11) is 0. The maximum absolute atomic E-state index is 12.9. The first-order valence-corrected chi connectivity index (χ1v) is 10.3. The Kier molecular flexibility index (Phi) is 4.75. The highest BCUT2D eigenvalue weighted by molar-refractivity contribution is 6.31. The van der Waals surface area contributed by atoms with Gasteiger partial charge in [0.1, 0.15) is 22.9 Å². The molecule has 1 aliphatic rings. The van der Waals surface area contributed by atoms with E-state index < -0.39 is 11.9 Å². The number of likely N-dealkylation sites (tertiary alicyclic amines) is 1. The van der Waals surface area contributed by atoms with Gasteiger partial charge in [0.15, 0.2) is 5.65 Å². The van der Waals surface area contributed by atoms with Crippen molar-refractivity contribution in [2.45, 2.75) is 13.0 Å². The maximum atomic E-state index is 12.9. The molecule has 0 saturated carbocycles. The third-order valence-electron chi connectivity index (χ3n) is 5.49. The van der Waals surface area contributed by atoms with Crippen LogP contribution in [-0.4, -0.2) is 61.0 Å². The quantitative estimate of drug-likeness (QED) is 0.437. The number of fused-ring (bicyclic) bond motifs is 2. The van der Waals surface area contributed by atoms with Crippen LogP contribution in [0.25, 0.3) is 33.5 Å². The number of carbonyl (C=O) groups is 2. The molecule has 4 aromatic rings. The fraction of sp³-hybridized carbons (Fsp3) is 0.238. The second-order valence-electron chi connectivity index (χ2n) is 7.68. The number of nitrogens with zero attached hydrogens (tertiary/aromatic N) is 5. The van der Waals surface area contributed by atoms with Gasteiger partial charge in [0, 0.05) is 29.7 Å². The van der Waals surface area contributed by atoms with Crippen LogP contribution < -0.4 is 5.32 Å². The Morgan fingerprint density at radius 1 is 1.38 bits per heavy atom. The summed E-state index contributed by atoms with van der Waals surface area (Å²) >= 11 is 6.04. The Labute approximate surface area is 186 Å². The zero-order valence-electron chi connectivity index (χ0n) is 16.9. The molecule has 0 spiro atoms. The fourth-order valence-electron chi connectivity index (χ4n) is 3.72. The number of carbonyl (C=O) groups excluding carboxylic acids is 2. The fourth-order valence-corrected chi connectivity index (χ4v) is 3.89. The molecule has 1 aromatic carbocycles. The molecule has 3 N–H and O–H groups in total. The first kappa shape index (κ1) is 20.0. The largest absolute Gasteiger partial charge is 0.344 e. The van der Waals surface area contributed by atoms with E-state index in [9.17, 15) is 9.59 Å². The van der Waals surface area contributed by atoms with Gasteiger partial charge in [-0.2, -0.15) is 10.4 Å². The Morgan fingerprint density at radius 3 is 2.97 bits per heavy atom. The summed E-state index contributed by atoms with van der Waals surface area (Å²) in [6.45, 7) is 2.40.